The molecular formula is C21H24N4O2. The SMILES string of the molecule is CCC(CCOC)NC(=O)c1ccc2cnnc(-c3ccc(N)cc3)c2c1. The van der Waals surface area contributed by atoms with Crippen LogP contribution in [0, 0.1) is 0 Å². The molecule has 1 atom stereocenters. The number of fused-ring (bicyclic) bond motifs is 1. The molecule has 0 aliphatic heterocycles. The first-order chi connectivity index (χ1) is 13.1. The summed E-state index contributed by atoms with van der Waals surface area (Å²) < 4.78 is 5.12. The molecule has 0 aliphatic rings. The summed E-state index contributed by atoms with van der Waals surface area (Å²) in [6, 6.07) is 13.1. The summed E-state index contributed by atoms with van der Waals surface area (Å²) in [6.07, 6.45) is 3.34. The largest absolute Gasteiger partial charge is 0.399 e. The molecule has 1 unspecified atom stereocenters. The maximum atomic E-state index is 12.7. The van der Waals surface area contributed by atoms with Crippen molar-refractivity contribution < 1.29 is 9.53 Å². The van der Waals surface area contributed by atoms with Crippen molar-refractivity contribution in [1.82, 2.24) is 15.5 Å². The Bertz CT molecular complexity index is 925. The Kier molecular flexibility index (Phi) is 5.98. The number of amides is 1. The Hall–Kier alpha value is -2.99. The van der Waals surface area contributed by atoms with Crippen LogP contribution in [0.1, 0.15) is 30.1 Å². The van der Waals surface area contributed by atoms with Crippen LogP contribution in [0.3, 0.4) is 0 Å². The molecule has 0 bridgehead atoms. The number of hydrogen-bond donors (Lipinski definition) is 2. The second kappa shape index (κ2) is 8.60. The molecule has 0 saturated heterocycles. The van der Waals surface area contributed by atoms with Crippen molar-refractivity contribution in [2.75, 3.05) is 19.5 Å². The lowest BCUT2D eigenvalue weighted by Gasteiger charge is -2.17. The van der Waals surface area contributed by atoms with Crippen molar-refractivity contribution in [3.05, 3.63) is 54.2 Å². The average molecular weight is 364 g/mol. The molecule has 6 nitrogen and oxygen atoms in total. The lowest BCUT2D eigenvalue weighted by Crippen LogP contribution is -2.35. The summed E-state index contributed by atoms with van der Waals surface area (Å²) in [7, 11) is 1.66. The third kappa shape index (κ3) is 4.41. The fourth-order valence-corrected chi connectivity index (χ4v) is 2.98. The zero-order valence-corrected chi connectivity index (χ0v) is 15.6. The number of carbonyl (C=O) groups excluding carboxylic acids is 1. The summed E-state index contributed by atoms with van der Waals surface area (Å²) in [5.41, 5.74) is 8.71. The van der Waals surface area contributed by atoms with E-state index in [2.05, 4.69) is 22.4 Å². The van der Waals surface area contributed by atoms with Crippen LogP contribution >= 0.6 is 0 Å². The highest BCUT2D eigenvalue weighted by Crippen LogP contribution is 2.27. The number of methoxy groups -OCH3 is 1. The molecule has 0 aliphatic carbocycles. The normalized spacial score (nSPS) is 12.1. The molecule has 0 spiro atoms. The molecule has 3 rings (SSSR count). The Morgan fingerprint density at radius 2 is 2.00 bits per heavy atom. The number of aromatic nitrogens is 2. The molecule has 1 heterocycles. The van der Waals surface area contributed by atoms with Gasteiger partial charge in [-0.25, -0.2) is 0 Å². The maximum Gasteiger partial charge on any atom is 0.251 e. The number of nitrogens with two attached hydrogens (primary N) is 1. The summed E-state index contributed by atoms with van der Waals surface area (Å²) in [5.74, 6) is -0.0973. The van der Waals surface area contributed by atoms with E-state index in [4.69, 9.17) is 10.5 Å². The number of carbonyl (C=O) groups is 1. The first kappa shape index (κ1) is 18.8. The number of benzene rings is 2. The number of rotatable bonds is 7. The maximum absolute atomic E-state index is 12.7. The molecule has 0 saturated carbocycles. The third-order valence-corrected chi connectivity index (χ3v) is 4.61. The van der Waals surface area contributed by atoms with Gasteiger partial charge < -0.3 is 15.8 Å². The van der Waals surface area contributed by atoms with Gasteiger partial charge in [-0.15, -0.1) is 5.10 Å². The molecule has 27 heavy (non-hydrogen) atoms. The first-order valence-corrected chi connectivity index (χ1v) is 9.03. The quantitative estimate of drug-likeness (QED) is 0.627. The van der Waals surface area contributed by atoms with Gasteiger partial charge in [0.1, 0.15) is 5.69 Å². The molecule has 140 valence electrons. The van der Waals surface area contributed by atoms with Crippen LogP contribution in [0.25, 0.3) is 22.0 Å². The predicted octanol–water partition coefficient (Wildman–Crippen LogP) is 3.42. The molecule has 1 aromatic heterocycles. The van der Waals surface area contributed by atoms with Crippen LogP contribution < -0.4 is 11.1 Å². The lowest BCUT2D eigenvalue weighted by molar-refractivity contribution is 0.0923. The Morgan fingerprint density at radius 1 is 1.22 bits per heavy atom. The van der Waals surface area contributed by atoms with Crippen LogP contribution in [0.4, 0.5) is 5.69 Å². The number of nitrogens with one attached hydrogen (secondary N) is 1. The van der Waals surface area contributed by atoms with Gasteiger partial charge >= 0.3 is 0 Å². The van der Waals surface area contributed by atoms with Gasteiger partial charge in [0.15, 0.2) is 0 Å². The minimum Gasteiger partial charge on any atom is -0.399 e. The molecule has 3 aromatic rings. The summed E-state index contributed by atoms with van der Waals surface area (Å²) in [4.78, 5) is 12.7. The van der Waals surface area contributed by atoms with Gasteiger partial charge in [-0.2, -0.15) is 5.10 Å². The van der Waals surface area contributed by atoms with Crippen LogP contribution in [0.15, 0.2) is 48.7 Å². The van der Waals surface area contributed by atoms with Crippen LogP contribution in [0.2, 0.25) is 0 Å². The summed E-state index contributed by atoms with van der Waals surface area (Å²) in [5, 5.41) is 13.3. The fourth-order valence-electron chi connectivity index (χ4n) is 2.98. The molecule has 1 amide bonds. The van der Waals surface area contributed by atoms with E-state index < -0.39 is 0 Å². The van der Waals surface area contributed by atoms with E-state index in [1.54, 1.807) is 13.3 Å². The van der Waals surface area contributed by atoms with Crippen LogP contribution in [-0.4, -0.2) is 35.9 Å². The monoisotopic (exact) mass is 364 g/mol. The van der Waals surface area contributed by atoms with Gasteiger partial charge in [0.05, 0.1) is 6.20 Å². The third-order valence-electron chi connectivity index (χ3n) is 4.61. The number of nitrogens with zero attached hydrogens (tertiary/aromatic N) is 2. The minimum absolute atomic E-state index is 0.0836. The van der Waals surface area contributed by atoms with Gasteiger partial charge in [0.2, 0.25) is 0 Å². The molecule has 0 radical (unpaired) electrons. The molecule has 6 heteroatoms. The summed E-state index contributed by atoms with van der Waals surface area (Å²) in [6.45, 7) is 2.67. The smallest absolute Gasteiger partial charge is 0.251 e. The van der Waals surface area contributed by atoms with Crippen molar-refractivity contribution in [2.24, 2.45) is 0 Å². The highest BCUT2D eigenvalue weighted by molar-refractivity contribution is 6.02. The second-order valence-corrected chi connectivity index (χ2v) is 6.48. The van der Waals surface area contributed by atoms with Gasteiger partial charge in [-0.1, -0.05) is 25.1 Å². The Morgan fingerprint density at radius 3 is 2.70 bits per heavy atom. The molecular weight excluding hydrogens is 340 g/mol. The van der Waals surface area contributed by atoms with Crippen molar-refractivity contribution in [1.29, 1.82) is 0 Å². The first-order valence-electron chi connectivity index (χ1n) is 9.03. The molecule has 2 aromatic carbocycles. The highest BCUT2D eigenvalue weighted by atomic mass is 16.5. The molecule has 3 N–H and O–H groups in total. The Balaban J connectivity index is 1.93. The van der Waals surface area contributed by atoms with Gasteiger partial charge in [-0.3, -0.25) is 4.79 Å². The van der Waals surface area contributed by atoms with Crippen molar-refractivity contribution in [2.45, 2.75) is 25.8 Å². The molecule has 0 fully saturated rings. The highest BCUT2D eigenvalue weighted by Gasteiger charge is 2.14. The fraction of sp³-hybridized carbons (Fsp3) is 0.286. The van der Waals surface area contributed by atoms with E-state index >= 15 is 0 Å². The lowest BCUT2D eigenvalue weighted by atomic mass is 10.0. The van der Waals surface area contributed by atoms with E-state index in [1.807, 2.05) is 42.5 Å². The van der Waals surface area contributed by atoms with Crippen LogP contribution in [-0.2, 0) is 4.74 Å². The number of nitrogen functional groups attached to an aromatic ring is 1. The zero-order valence-electron chi connectivity index (χ0n) is 15.6. The number of hydrogen-bond acceptors (Lipinski definition) is 5. The summed E-state index contributed by atoms with van der Waals surface area (Å²) >= 11 is 0. The average Bonchev–Trinajstić information content (AvgIpc) is 2.70. The van der Waals surface area contributed by atoms with E-state index in [9.17, 15) is 4.79 Å². The number of ether oxygens (including phenoxy) is 1. The van der Waals surface area contributed by atoms with E-state index in [-0.39, 0.29) is 11.9 Å². The Labute approximate surface area is 158 Å². The van der Waals surface area contributed by atoms with Gasteiger partial charge in [0.25, 0.3) is 5.91 Å². The van der Waals surface area contributed by atoms with E-state index in [0.29, 0.717) is 17.9 Å². The minimum atomic E-state index is -0.0973. The van der Waals surface area contributed by atoms with Crippen molar-refractivity contribution >= 4 is 22.4 Å². The van der Waals surface area contributed by atoms with Gasteiger partial charge in [0, 0.05) is 47.3 Å². The topological polar surface area (TPSA) is 90.1 Å². The number of anilines is 1. The van der Waals surface area contributed by atoms with E-state index in [1.165, 1.54) is 0 Å². The van der Waals surface area contributed by atoms with Crippen LogP contribution in [0.5, 0.6) is 0 Å². The van der Waals surface area contributed by atoms with E-state index in [0.717, 1.165) is 34.9 Å². The van der Waals surface area contributed by atoms with Gasteiger partial charge in [-0.05, 0) is 37.1 Å². The second-order valence-electron chi connectivity index (χ2n) is 6.48. The van der Waals surface area contributed by atoms with Crippen molar-refractivity contribution in [3.63, 3.8) is 0 Å². The van der Waals surface area contributed by atoms with Crippen molar-refractivity contribution in [3.8, 4) is 11.3 Å². The standard InChI is InChI=1S/C21H24N4O2/c1-3-18(10-11-27-2)24-21(26)15-4-5-16-13-23-25-20(19(16)12-15)14-6-8-17(22)9-7-14/h4-9,12-13,18H,3,10-11,22H2,1-2H3,(H,24,26). The predicted molar refractivity (Wildman–Crippen MR) is 107 cm³/mol. The zero-order chi connectivity index (χ0) is 19.2.